The molecule has 3 rings (SSSR count). The maximum absolute atomic E-state index is 12.4. The number of nitrogens with zero attached hydrogens (tertiary/aromatic N) is 3. The van der Waals surface area contributed by atoms with E-state index in [2.05, 4.69) is 40.1 Å². The summed E-state index contributed by atoms with van der Waals surface area (Å²) in [6.45, 7) is 8.12. The Morgan fingerprint density at radius 1 is 1.22 bits per heavy atom. The molecule has 1 amide bonds. The summed E-state index contributed by atoms with van der Waals surface area (Å²) in [6.07, 6.45) is 4.75. The number of aryl methyl sites for hydroxylation is 2. The van der Waals surface area contributed by atoms with E-state index in [1.807, 2.05) is 30.0 Å². The highest BCUT2D eigenvalue weighted by Gasteiger charge is 2.28. The number of hydrogen-bond acceptors (Lipinski definition) is 4. The van der Waals surface area contributed by atoms with E-state index in [9.17, 15) is 4.79 Å². The van der Waals surface area contributed by atoms with E-state index in [0.717, 1.165) is 63.5 Å². The number of hydrogen-bond donors (Lipinski definition) is 2. The molecule has 0 bridgehead atoms. The van der Waals surface area contributed by atoms with Gasteiger partial charge in [-0.3, -0.25) is 9.79 Å². The Kier molecular flexibility index (Phi) is 12.0. The van der Waals surface area contributed by atoms with Crippen LogP contribution in [0, 0.1) is 12.8 Å². The molecule has 1 aromatic heterocycles. The molecule has 6 nitrogen and oxygen atoms in total. The minimum atomic E-state index is 0. The molecular formula is C24H36IN5OS. The molecule has 8 heteroatoms. The summed E-state index contributed by atoms with van der Waals surface area (Å²) < 4.78 is 0. The number of unbranched alkanes of at least 4 members (excludes halogenated alkanes) is 1. The lowest BCUT2D eigenvalue weighted by atomic mass is 10.1. The van der Waals surface area contributed by atoms with Gasteiger partial charge >= 0.3 is 0 Å². The van der Waals surface area contributed by atoms with Crippen LogP contribution in [0.2, 0.25) is 0 Å². The van der Waals surface area contributed by atoms with Gasteiger partial charge in [0.25, 0.3) is 0 Å². The lowest BCUT2D eigenvalue weighted by Crippen LogP contribution is -2.38. The molecule has 1 unspecified atom stereocenters. The maximum Gasteiger partial charge on any atom is 0.223 e. The monoisotopic (exact) mass is 569 g/mol. The molecule has 1 atom stereocenters. The molecule has 1 fully saturated rings. The van der Waals surface area contributed by atoms with E-state index in [-0.39, 0.29) is 29.9 Å². The average molecular weight is 570 g/mol. The summed E-state index contributed by atoms with van der Waals surface area (Å²) >= 11 is 1.75. The molecule has 2 aromatic rings. The van der Waals surface area contributed by atoms with Crippen molar-refractivity contribution in [3.8, 4) is 0 Å². The number of rotatable bonds is 11. The zero-order chi connectivity index (χ0) is 21.9. The fourth-order valence-electron chi connectivity index (χ4n) is 3.79. The molecule has 2 heterocycles. The van der Waals surface area contributed by atoms with Gasteiger partial charge in [0.05, 0.1) is 5.01 Å². The smallest absolute Gasteiger partial charge is 0.223 e. The van der Waals surface area contributed by atoms with E-state index < -0.39 is 0 Å². The highest BCUT2D eigenvalue weighted by molar-refractivity contribution is 14.0. The lowest BCUT2D eigenvalue weighted by molar-refractivity contribution is -0.127. The maximum atomic E-state index is 12.4. The van der Waals surface area contributed by atoms with Crippen LogP contribution in [0.3, 0.4) is 0 Å². The highest BCUT2D eigenvalue weighted by atomic mass is 127. The van der Waals surface area contributed by atoms with Gasteiger partial charge in [-0.2, -0.15) is 0 Å². The highest BCUT2D eigenvalue weighted by Crippen LogP contribution is 2.18. The molecule has 2 N–H and O–H groups in total. The Labute approximate surface area is 213 Å². The third-order valence-corrected chi connectivity index (χ3v) is 6.46. The molecule has 1 saturated heterocycles. The van der Waals surface area contributed by atoms with E-state index in [1.165, 1.54) is 10.6 Å². The number of guanidine groups is 1. The van der Waals surface area contributed by atoms with Crippen LogP contribution in [0.25, 0.3) is 0 Å². The molecule has 1 aliphatic heterocycles. The first-order chi connectivity index (χ1) is 15.1. The lowest BCUT2D eigenvalue weighted by Gasteiger charge is -2.16. The van der Waals surface area contributed by atoms with Crippen LogP contribution in [-0.2, 0) is 17.6 Å². The van der Waals surface area contributed by atoms with Crippen molar-refractivity contribution >= 4 is 47.2 Å². The van der Waals surface area contributed by atoms with Gasteiger partial charge in [0.1, 0.15) is 0 Å². The summed E-state index contributed by atoms with van der Waals surface area (Å²) in [7, 11) is 0. The predicted octanol–water partition coefficient (Wildman–Crippen LogP) is 4.04. The number of likely N-dealkylation sites (tertiary alicyclic amines) is 1. The summed E-state index contributed by atoms with van der Waals surface area (Å²) in [6, 6.07) is 10.4. The Balaban J connectivity index is 0.00000363. The standard InChI is InChI=1S/C24H35N5OS.HI/c1-3-25-24(26-13-8-7-11-22-28-19(2)18-31-22)27-16-21-15-23(30)29(17-21)14-12-20-9-5-4-6-10-20;/h4-6,9-10,18,21H,3,7-8,11-17H2,1-2H3,(H2,25,26,27);1H. The van der Waals surface area contributed by atoms with Gasteiger partial charge in [0.15, 0.2) is 5.96 Å². The molecule has 0 saturated carbocycles. The second-order valence-electron chi connectivity index (χ2n) is 8.13. The van der Waals surface area contributed by atoms with Crippen molar-refractivity contribution < 1.29 is 4.79 Å². The number of carbonyl (C=O) groups excluding carboxylic acids is 1. The quantitative estimate of drug-likeness (QED) is 0.186. The van der Waals surface area contributed by atoms with Gasteiger partial charge < -0.3 is 15.5 Å². The minimum absolute atomic E-state index is 0. The zero-order valence-electron chi connectivity index (χ0n) is 19.2. The molecule has 0 aliphatic carbocycles. The third-order valence-electron chi connectivity index (χ3n) is 5.44. The van der Waals surface area contributed by atoms with E-state index in [4.69, 9.17) is 4.99 Å². The topological polar surface area (TPSA) is 69.6 Å². The van der Waals surface area contributed by atoms with E-state index in [0.29, 0.717) is 18.9 Å². The van der Waals surface area contributed by atoms with Crippen molar-refractivity contribution in [2.75, 3.05) is 32.7 Å². The van der Waals surface area contributed by atoms with Gasteiger partial charge in [0.2, 0.25) is 5.91 Å². The molecule has 32 heavy (non-hydrogen) atoms. The van der Waals surface area contributed by atoms with E-state index >= 15 is 0 Å². The van der Waals surface area contributed by atoms with Crippen molar-refractivity contribution in [3.63, 3.8) is 0 Å². The second kappa shape index (κ2) is 14.5. The van der Waals surface area contributed by atoms with Crippen molar-refractivity contribution in [1.29, 1.82) is 0 Å². The average Bonchev–Trinajstić information content (AvgIpc) is 3.35. The van der Waals surface area contributed by atoms with Crippen LogP contribution in [0.1, 0.15) is 42.5 Å². The second-order valence-corrected chi connectivity index (χ2v) is 9.07. The largest absolute Gasteiger partial charge is 0.357 e. The Bertz CT molecular complexity index is 842. The Hall–Kier alpha value is -1.68. The zero-order valence-corrected chi connectivity index (χ0v) is 22.3. The van der Waals surface area contributed by atoms with Gasteiger partial charge in [-0.1, -0.05) is 30.3 Å². The molecule has 176 valence electrons. The van der Waals surface area contributed by atoms with Crippen LogP contribution in [-0.4, -0.2) is 54.5 Å². The first-order valence-electron chi connectivity index (χ1n) is 11.4. The number of halogens is 1. The fraction of sp³-hybridized carbons (Fsp3) is 0.542. The first-order valence-corrected chi connectivity index (χ1v) is 12.3. The number of carbonyl (C=O) groups is 1. The number of nitrogens with one attached hydrogen (secondary N) is 2. The van der Waals surface area contributed by atoms with Crippen molar-refractivity contribution in [2.24, 2.45) is 10.9 Å². The van der Waals surface area contributed by atoms with Crippen LogP contribution in [0.15, 0.2) is 40.7 Å². The van der Waals surface area contributed by atoms with Gasteiger partial charge in [-0.15, -0.1) is 35.3 Å². The normalized spacial score (nSPS) is 16.2. The number of benzene rings is 1. The van der Waals surface area contributed by atoms with Gasteiger partial charge in [0, 0.05) is 56.1 Å². The van der Waals surface area contributed by atoms with Gasteiger partial charge in [-0.25, -0.2) is 4.98 Å². The Morgan fingerprint density at radius 2 is 2.03 bits per heavy atom. The SMILES string of the molecule is CCNC(=NCC1CC(=O)N(CCc2ccccc2)C1)NCCCCc1nc(C)cs1.I. The van der Waals surface area contributed by atoms with Crippen molar-refractivity contribution in [3.05, 3.63) is 52.0 Å². The number of thiazole rings is 1. The predicted molar refractivity (Wildman–Crippen MR) is 144 cm³/mol. The number of aliphatic imine (C=N–C) groups is 1. The summed E-state index contributed by atoms with van der Waals surface area (Å²) in [5.41, 5.74) is 2.39. The fourth-order valence-corrected chi connectivity index (χ4v) is 4.61. The van der Waals surface area contributed by atoms with Crippen molar-refractivity contribution in [1.82, 2.24) is 20.5 Å². The summed E-state index contributed by atoms with van der Waals surface area (Å²) in [5, 5.41) is 10.1. The molecule has 1 aromatic carbocycles. The number of amides is 1. The summed E-state index contributed by atoms with van der Waals surface area (Å²) in [5.74, 6) is 1.40. The van der Waals surface area contributed by atoms with Crippen LogP contribution < -0.4 is 10.6 Å². The van der Waals surface area contributed by atoms with Crippen LogP contribution in [0.5, 0.6) is 0 Å². The van der Waals surface area contributed by atoms with Gasteiger partial charge in [-0.05, 0) is 45.1 Å². The molecule has 1 aliphatic rings. The van der Waals surface area contributed by atoms with Crippen LogP contribution >= 0.6 is 35.3 Å². The first kappa shape index (κ1) is 26.6. The van der Waals surface area contributed by atoms with Crippen LogP contribution in [0.4, 0.5) is 0 Å². The summed E-state index contributed by atoms with van der Waals surface area (Å²) in [4.78, 5) is 23.6. The molecule has 0 radical (unpaired) electrons. The molecule has 0 spiro atoms. The minimum Gasteiger partial charge on any atom is -0.357 e. The van der Waals surface area contributed by atoms with Crippen molar-refractivity contribution in [2.45, 2.75) is 46.0 Å². The van der Waals surface area contributed by atoms with E-state index in [1.54, 1.807) is 11.3 Å². The number of aromatic nitrogens is 1. The third kappa shape index (κ3) is 9.05. The molecular weight excluding hydrogens is 533 g/mol. The Morgan fingerprint density at radius 3 is 2.75 bits per heavy atom.